The summed E-state index contributed by atoms with van der Waals surface area (Å²) in [6, 6.07) is 9.59. The quantitative estimate of drug-likeness (QED) is 0.607. The van der Waals surface area contributed by atoms with Gasteiger partial charge < -0.3 is 0 Å². The second kappa shape index (κ2) is 4.07. The fourth-order valence-electron chi connectivity index (χ4n) is 2.05. The van der Waals surface area contributed by atoms with Gasteiger partial charge >= 0.3 is 0 Å². The second-order valence-corrected chi connectivity index (χ2v) is 4.15. The Bertz CT molecular complexity index is 684. The maximum absolute atomic E-state index is 11.5. The number of imide groups is 1. The van der Waals surface area contributed by atoms with Gasteiger partial charge in [0, 0.05) is 22.7 Å². The molecular formula is C14H10N2O2. The number of rotatable bonds is 1. The van der Waals surface area contributed by atoms with Gasteiger partial charge in [0.1, 0.15) is 0 Å². The lowest BCUT2D eigenvalue weighted by atomic mass is 10.1. The molecule has 2 aromatic rings. The standard InChI is InChI=1S/C14H10N2O2/c17-12-8-11(14(18)16-12)7-10-4-1-3-9-5-2-6-15-13(9)10/h1-7H,8H2,(H,16,17,18). The van der Waals surface area contributed by atoms with Crippen molar-refractivity contribution in [3.05, 3.63) is 47.7 Å². The molecule has 1 saturated heterocycles. The zero-order chi connectivity index (χ0) is 12.5. The van der Waals surface area contributed by atoms with Crippen molar-refractivity contribution in [1.82, 2.24) is 10.3 Å². The Morgan fingerprint density at radius 2 is 2.00 bits per heavy atom. The summed E-state index contributed by atoms with van der Waals surface area (Å²) in [5.41, 5.74) is 2.17. The molecule has 0 spiro atoms. The molecule has 2 heterocycles. The molecule has 3 rings (SSSR count). The molecule has 1 N–H and O–H groups in total. The van der Waals surface area contributed by atoms with Gasteiger partial charge in [0.05, 0.1) is 11.9 Å². The minimum atomic E-state index is -0.312. The minimum absolute atomic E-state index is 0.141. The van der Waals surface area contributed by atoms with Gasteiger partial charge in [0.25, 0.3) is 5.91 Å². The Morgan fingerprint density at radius 3 is 2.78 bits per heavy atom. The van der Waals surface area contributed by atoms with Crippen LogP contribution in [0.1, 0.15) is 12.0 Å². The Kier molecular flexibility index (Phi) is 2.41. The number of hydrogen-bond donors (Lipinski definition) is 1. The summed E-state index contributed by atoms with van der Waals surface area (Å²) in [6.45, 7) is 0. The van der Waals surface area contributed by atoms with Crippen LogP contribution in [0, 0.1) is 0 Å². The molecule has 0 unspecified atom stereocenters. The van der Waals surface area contributed by atoms with Crippen LogP contribution < -0.4 is 5.32 Å². The van der Waals surface area contributed by atoms with E-state index in [4.69, 9.17) is 0 Å². The third-order valence-corrected chi connectivity index (χ3v) is 2.89. The third kappa shape index (κ3) is 1.78. The van der Waals surface area contributed by atoms with Crippen molar-refractivity contribution < 1.29 is 9.59 Å². The van der Waals surface area contributed by atoms with E-state index in [0.29, 0.717) is 5.57 Å². The van der Waals surface area contributed by atoms with Crippen LogP contribution in [0.15, 0.2) is 42.1 Å². The Hall–Kier alpha value is -2.49. The Labute approximate surface area is 103 Å². The molecule has 18 heavy (non-hydrogen) atoms. The summed E-state index contributed by atoms with van der Waals surface area (Å²) in [4.78, 5) is 26.9. The molecule has 1 aromatic heterocycles. The normalized spacial score (nSPS) is 17.4. The van der Waals surface area contributed by atoms with Crippen LogP contribution in [0.5, 0.6) is 0 Å². The fourth-order valence-corrected chi connectivity index (χ4v) is 2.05. The summed E-state index contributed by atoms with van der Waals surface area (Å²) >= 11 is 0. The molecule has 4 nitrogen and oxygen atoms in total. The number of aromatic nitrogens is 1. The van der Waals surface area contributed by atoms with Crippen molar-refractivity contribution in [3.8, 4) is 0 Å². The van der Waals surface area contributed by atoms with E-state index < -0.39 is 0 Å². The molecule has 0 atom stereocenters. The van der Waals surface area contributed by atoms with Gasteiger partial charge in [-0.3, -0.25) is 19.9 Å². The van der Waals surface area contributed by atoms with Crippen LogP contribution in [0.4, 0.5) is 0 Å². The number of pyridine rings is 1. The van der Waals surface area contributed by atoms with E-state index in [0.717, 1.165) is 16.5 Å². The van der Waals surface area contributed by atoms with Crippen LogP contribution in [0.3, 0.4) is 0 Å². The van der Waals surface area contributed by atoms with Crippen molar-refractivity contribution in [2.45, 2.75) is 6.42 Å². The smallest absolute Gasteiger partial charge is 0.254 e. The number of fused-ring (bicyclic) bond motifs is 1. The maximum atomic E-state index is 11.5. The van der Waals surface area contributed by atoms with Crippen molar-refractivity contribution in [1.29, 1.82) is 0 Å². The van der Waals surface area contributed by atoms with E-state index in [1.54, 1.807) is 12.3 Å². The van der Waals surface area contributed by atoms with Crippen LogP contribution in [-0.2, 0) is 9.59 Å². The highest BCUT2D eigenvalue weighted by Crippen LogP contribution is 2.21. The van der Waals surface area contributed by atoms with Gasteiger partial charge in [-0.05, 0) is 12.1 Å². The Morgan fingerprint density at radius 1 is 1.17 bits per heavy atom. The topological polar surface area (TPSA) is 59.1 Å². The van der Waals surface area contributed by atoms with Crippen molar-refractivity contribution in [2.75, 3.05) is 0 Å². The van der Waals surface area contributed by atoms with E-state index in [9.17, 15) is 9.59 Å². The van der Waals surface area contributed by atoms with E-state index in [1.807, 2.05) is 30.3 Å². The average Bonchev–Trinajstić information content (AvgIpc) is 2.68. The van der Waals surface area contributed by atoms with E-state index >= 15 is 0 Å². The minimum Gasteiger partial charge on any atom is -0.292 e. The highest BCUT2D eigenvalue weighted by molar-refractivity contribution is 6.16. The number of hydrogen-bond acceptors (Lipinski definition) is 3. The summed E-state index contributed by atoms with van der Waals surface area (Å²) in [5, 5.41) is 3.28. The van der Waals surface area contributed by atoms with Crippen molar-refractivity contribution in [2.24, 2.45) is 0 Å². The summed E-state index contributed by atoms with van der Waals surface area (Å²) in [5.74, 6) is -0.563. The molecule has 0 radical (unpaired) electrons. The second-order valence-electron chi connectivity index (χ2n) is 4.15. The zero-order valence-electron chi connectivity index (χ0n) is 9.51. The van der Waals surface area contributed by atoms with Crippen LogP contribution in [0.25, 0.3) is 17.0 Å². The summed E-state index contributed by atoms with van der Waals surface area (Å²) in [6.07, 6.45) is 3.59. The number of amides is 2. The first-order chi connectivity index (χ1) is 8.74. The largest absolute Gasteiger partial charge is 0.292 e. The predicted octanol–water partition coefficient (Wildman–Crippen LogP) is 1.66. The number of carbonyl (C=O) groups is 2. The third-order valence-electron chi connectivity index (χ3n) is 2.89. The predicted molar refractivity (Wildman–Crippen MR) is 67.5 cm³/mol. The van der Waals surface area contributed by atoms with Gasteiger partial charge in [-0.25, -0.2) is 0 Å². The zero-order valence-corrected chi connectivity index (χ0v) is 9.51. The molecule has 4 heteroatoms. The lowest BCUT2D eigenvalue weighted by molar-refractivity contribution is -0.124. The molecule has 1 aliphatic rings. The SMILES string of the molecule is O=C1CC(=Cc2cccc3cccnc23)C(=O)N1. The van der Waals surface area contributed by atoms with Crippen molar-refractivity contribution >= 4 is 28.8 Å². The monoisotopic (exact) mass is 238 g/mol. The Balaban J connectivity index is 2.13. The highest BCUT2D eigenvalue weighted by Gasteiger charge is 2.23. The molecule has 1 aromatic carbocycles. The first-order valence-electron chi connectivity index (χ1n) is 5.62. The van der Waals surface area contributed by atoms with Gasteiger partial charge in [-0.2, -0.15) is 0 Å². The van der Waals surface area contributed by atoms with Gasteiger partial charge in [-0.1, -0.05) is 24.3 Å². The molecule has 0 bridgehead atoms. The highest BCUT2D eigenvalue weighted by atomic mass is 16.2. The molecule has 88 valence electrons. The van der Waals surface area contributed by atoms with Gasteiger partial charge in [0.15, 0.2) is 0 Å². The van der Waals surface area contributed by atoms with Gasteiger partial charge in [0.2, 0.25) is 5.91 Å². The molecule has 1 fully saturated rings. The molecule has 0 aliphatic carbocycles. The molecule has 2 amide bonds. The lowest BCUT2D eigenvalue weighted by Gasteiger charge is -2.01. The number of benzene rings is 1. The maximum Gasteiger partial charge on any atom is 0.254 e. The fraction of sp³-hybridized carbons (Fsp3) is 0.0714. The lowest BCUT2D eigenvalue weighted by Crippen LogP contribution is -2.19. The first-order valence-corrected chi connectivity index (χ1v) is 5.62. The molecule has 1 aliphatic heterocycles. The number of carbonyl (C=O) groups excluding carboxylic acids is 2. The summed E-state index contributed by atoms with van der Waals surface area (Å²) in [7, 11) is 0. The van der Waals surface area contributed by atoms with E-state index in [1.165, 1.54) is 0 Å². The van der Waals surface area contributed by atoms with Gasteiger partial charge in [-0.15, -0.1) is 0 Å². The van der Waals surface area contributed by atoms with Crippen LogP contribution in [-0.4, -0.2) is 16.8 Å². The summed E-state index contributed by atoms with van der Waals surface area (Å²) < 4.78 is 0. The number of nitrogens with zero attached hydrogens (tertiary/aromatic N) is 1. The molecule has 0 saturated carbocycles. The number of nitrogens with one attached hydrogen (secondary N) is 1. The first kappa shape index (κ1) is 10.7. The van der Waals surface area contributed by atoms with Crippen molar-refractivity contribution in [3.63, 3.8) is 0 Å². The van der Waals surface area contributed by atoms with Crippen LogP contribution >= 0.6 is 0 Å². The van der Waals surface area contributed by atoms with E-state index in [2.05, 4.69) is 10.3 Å². The number of para-hydroxylation sites is 1. The van der Waals surface area contributed by atoms with Crippen LogP contribution in [0.2, 0.25) is 0 Å². The van der Waals surface area contributed by atoms with E-state index in [-0.39, 0.29) is 18.2 Å². The molecular weight excluding hydrogens is 228 g/mol. The average molecular weight is 238 g/mol.